The number of halogens is 2. The first-order valence-electron chi connectivity index (χ1n) is 8.27. The number of benzene rings is 3. The van der Waals surface area contributed by atoms with Gasteiger partial charge in [-0.25, -0.2) is 0 Å². The maximum Gasteiger partial charge on any atom is 0.227 e. The standard InChI is InChI=1S/C21H11Cl2N3O/c22-20-24-19(25-21(23)26-20)13-9-10-15-17(11-13)27-16-8-4-7-14(18(15)16)12-5-2-1-3-6-12/h1-11H. The van der Waals surface area contributed by atoms with Gasteiger partial charge in [-0.3, -0.25) is 0 Å². The molecule has 27 heavy (non-hydrogen) atoms. The van der Waals surface area contributed by atoms with Gasteiger partial charge in [-0.15, -0.1) is 0 Å². The van der Waals surface area contributed by atoms with Crippen molar-refractivity contribution >= 4 is 45.1 Å². The first-order chi connectivity index (χ1) is 13.2. The van der Waals surface area contributed by atoms with Crippen molar-refractivity contribution in [2.45, 2.75) is 0 Å². The van der Waals surface area contributed by atoms with Gasteiger partial charge in [0.1, 0.15) is 11.2 Å². The van der Waals surface area contributed by atoms with Gasteiger partial charge in [0.15, 0.2) is 5.82 Å². The van der Waals surface area contributed by atoms with Gasteiger partial charge in [0, 0.05) is 16.3 Å². The van der Waals surface area contributed by atoms with Crippen LogP contribution in [0.15, 0.2) is 71.1 Å². The second kappa shape index (κ2) is 6.34. The highest BCUT2D eigenvalue weighted by molar-refractivity contribution is 6.31. The molecule has 0 bridgehead atoms. The number of furan rings is 1. The monoisotopic (exact) mass is 391 g/mol. The van der Waals surface area contributed by atoms with Gasteiger partial charge >= 0.3 is 0 Å². The van der Waals surface area contributed by atoms with E-state index in [1.807, 2.05) is 48.5 Å². The summed E-state index contributed by atoms with van der Waals surface area (Å²) in [7, 11) is 0. The molecule has 0 spiro atoms. The summed E-state index contributed by atoms with van der Waals surface area (Å²) in [5.74, 6) is 0.408. The third-order valence-corrected chi connectivity index (χ3v) is 4.76. The van der Waals surface area contributed by atoms with Gasteiger partial charge in [-0.2, -0.15) is 15.0 Å². The molecular weight excluding hydrogens is 381 g/mol. The highest BCUT2D eigenvalue weighted by Gasteiger charge is 2.14. The molecule has 3 aromatic carbocycles. The van der Waals surface area contributed by atoms with Crippen molar-refractivity contribution in [3.63, 3.8) is 0 Å². The summed E-state index contributed by atoms with van der Waals surface area (Å²) in [6.07, 6.45) is 0. The van der Waals surface area contributed by atoms with E-state index < -0.39 is 0 Å². The average molecular weight is 392 g/mol. The molecule has 5 aromatic rings. The van der Waals surface area contributed by atoms with E-state index in [9.17, 15) is 0 Å². The Bertz CT molecular complexity index is 1280. The molecule has 2 heterocycles. The molecule has 0 fully saturated rings. The van der Waals surface area contributed by atoms with Gasteiger partial charge in [-0.1, -0.05) is 48.5 Å². The highest BCUT2D eigenvalue weighted by atomic mass is 35.5. The van der Waals surface area contributed by atoms with Gasteiger partial charge in [0.05, 0.1) is 0 Å². The molecule has 0 radical (unpaired) electrons. The molecule has 0 aliphatic heterocycles. The number of fused-ring (bicyclic) bond motifs is 3. The molecule has 2 aromatic heterocycles. The summed E-state index contributed by atoms with van der Waals surface area (Å²) in [6, 6.07) is 22.2. The summed E-state index contributed by atoms with van der Waals surface area (Å²) in [4.78, 5) is 12.1. The Morgan fingerprint density at radius 1 is 0.667 bits per heavy atom. The second-order valence-electron chi connectivity index (χ2n) is 6.05. The van der Waals surface area contributed by atoms with E-state index in [1.165, 1.54) is 0 Å². The van der Waals surface area contributed by atoms with Gasteiger partial charge < -0.3 is 4.42 Å². The van der Waals surface area contributed by atoms with Crippen LogP contribution in [0.3, 0.4) is 0 Å². The van der Waals surface area contributed by atoms with Crippen molar-refractivity contribution in [3.05, 3.63) is 77.3 Å². The highest BCUT2D eigenvalue weighted by Crippen LogP contribution is 2.37. The van der Waals surface area contributed by atoms with Crippen LogP contribution in [0.1, 0.15) is 0 Å². The molecule has 130 valence electrons. The topological polar surface area (TPSA) is 51.8 Å². The van der Waals surface area contributed by atoms with E-state index >= 15 is 0 Å². The summed E-state index contributed by atoms with van der Waals surface area (Å²) >= 11 is 11.8. The minimum Gasteiger partial charge on any atom is -0.456 e. The van der Waals surface area contributed by atoms with Crippen molar-refractivity contribution in [2.75, 3.05) is 0 Å². The lowest BCUT2D eigenvalue weighted by atomic mass is 9.99. The molecule has 5 rings (SSSR count). The molecule has 0 unspecified atom stereocenters. The zero-order chi connectivity index (χ0) is 18.4. The van der Waals surface area contributed by atoms with Crippen molar-refractivity contribution in [1.29, 1.82) is 0 Å². The molecule has 0 saturated carbocycles. The van der Waals surface area contributed by atoms with E-state index in [0.29, 0.717) is 5.82 Å². The van der Waals surface area contributed by atoms with Gasteiger partial charge in [0.25, 0.3) is 0 Å². The fourth-order valence-corrected chi connectivity index (χ4v) is 3.64. The lowest BCUT2D eigenvalue weighted by molar-refractivity contribution is 0.669. The number of hydrogen-bond donors (Lipinski definition) is 0. The Kier molecular flexibility index (Phi) is 3.81. The van der Waals surface area contributed by atoms with E-state index in [4.69, 9.17) is 27.6 Å². The zero-order valence-corrected chi connectivity index (χ0v) is 15.4. The largest absolute Gasteiger partial charge is 0.456 e. The van der Waals surface area contributed by atoms with Crippen LogP contribution in [-0.4, -0.2) is 15.0 Å². The van der Waals surface area contributed by atoms with E-state index in [1.54, 1.807) is 0 Å². The minimum absolute atomic E-state index is 0.0565. The molecule has 0 atom stereocenters. The predicted octanol–water partition coefficient (Wildman–Crippen LogP) is 6.41. The van der Waals surface area contributed by atoms with Crippen LogP contribution in [0, 0.1) is 0 Å². The molecule has 0 aliphatic rings. The molecule has 0 aliphatic carbocycles. The Morgan fingerprint density at radius 3 is 2.22 bits per heavy atom. The molecule has 0 amide bonds. The van der Waals surface area contributed by atoms with Crippen molar-refractivity contribution < 1.29 is 4.42 Å². The third-order valence-electron chi connectivity index (χ3n) is 4.42. The van der Waals surface area contributed by atoms with Crippen molar-refractivity contribution in [2.24, 2.45) is 0 Å². The maximum absolute atomic E-state index is 6.10. The summed E-state index contributed by atoms with van der Waals surface area (Å²) in [5, 5.41) is 2.22. The summed E-state index contributed by atoms with van der Waals surface area (Å²) < 4.78 is 6.10. The van der Waals surface area contributed by atoms with Crippen LogP contribution < -0.4 is 0 Å². The Balaban J connectivity index is 1.75. The first kappa shape index (κ1) is 16.2. The zero-order valence-electron chi connectivity index (χ0n) is 13.9. The average Bonchev–Trinajstić information content (AvgIpc) is 3.05. The third kappa shape index (κ3) is 2.83. The van der Waals surface area contributed by atoms with Crippen LogP contribution >= 0.6 is 23.2 Å². The fourth-order valence-electron chi connectivity index (χ4n) is 3.28. The van der Waals surface area contributed by atoms with E-state index in [-0.39, 0.29) is 10.6 Å². The fraction of sp³-hybridized carbons (Fsp3) is 0. The molecular formula is C21H11Cl2N3O. The Labute approximate surface area is 164 Å². The molecule has 0 N–H and O–H groups in total. The van der Waals surface area contributed by atoms with Crippen LogP contribution in [0.2, 0.25) is 10.6 Å². The smallest absolute Gasteiger partial charge is 0.227 e. The quantitative estimate of drug-likeness (QED) is 0.348. The molecule has 0 saturated heterocycles. The van der Waals surface area contributed by atoms with Gasteiger partial charge in [0.2, 0.25) is 10.6 Å². The SMILES string of the molecule is Clc1nc(Cl)nc(-c2ccc3c(c2)oc2cccc(-c4ccccc4)c23)n1. The van der Waals surface area contributed by atoms with Crippen molar-refractivity contribution in [1.82, 2.24) is 15.0 Å². The molecule has 6 heteroatoms. The number of nitrogens with zero attached hydrogens (tertiary/aromatic N) is 3. The lowest BCUT2D eigenvalue weighted by Crippen LogP contribution is -1.93. The Hall–Kier alpha value is -2.95. The van der Waals surface area contributed by atoms with Crippen LogP contribution in [0.25, 0.3) is 44.5 Å². The van der Waals surface area contributed by atoms with Crippen LogP contribution in [-0.2, 0) is 0 Å². The van der Waals surface area contributed by atoms with Crippen LogP contribution in [0.5, 0.6) is 0 Å². The van der Waals surface area contributed by atoms with Crippen molar-refractivity contribution in [3.8, 4) is 22.5 Å². The van der Waals surface area contributed by atoms with E-state index in [2.05, 4.69) is 33.2 Å². The Morgan fingerprint density at radius 2 is 1.44 bits per heavy atom. The summed E-state index contributed by atoms with van der Waals surface area (Å²) in [6.45, 7) is 0. The summed E-state index contributed by atoms with van der Waals surface area (Å²) in [5.41, 5.74) is 4.61. The number of aromatic nitrogens is 3. The minimum atomic E-state index is 0.0565. The second-order valence-corrected chi connectivity index (χ2v) is 6.73. The maximum atomic E-state index is 6.10. The van der Waals surface area contributed by atoms with E-state index in [0.717, 1.165) is 38.6 Å². The van der Waals surface area contributed by atoms with Crippen LogP contribution in [0.4, 0.5) is 0 Å². The number of rotatable bonds is 2. The predicted molar refractivity (Wildman–Crippen MR) is 108 cm³/mol. The normalized spacial score (nSPS) is 11.3. The molecule has 4 nitrogen and oxygen atoms in total. The van der Waals surface area contributed by atoms with Gasteiger partial charge in [-0.05, 0) is 52.5 Å². The first-order valence-corrected chi connectivity index (χ1v) is 9.03. The lowest BCUT2D eigenvalue weighted by Gasteiger charge is -2.04. The number of hydrogen-bond acceptors (Lipinski definition) is 4.